The molecule has 18 aromatic rings. The quantitative estimate of drug-likeness (QED) is 0.0896. The van der Waals surface area contributed by atoms with E-state index in [1.165, 1.54) is 60.5 Å². The van der Waals surface area contributed by atoms with Crippen molar-refractivity contribution in [3.05, 3.63) is 437 Å². The molecule has 0 atom stereocenters. The van der Waals surface area contributed by atoms with Gasteiger partial charge in [-0.05, 0) is 212 Å². The van der Waals surface area contributed by atoms with Crippen molar-refractivity contribution in [2.24, 2.45) is 0 Å². The Kier molecular flexibility index (Phi) is 17.5. The number of hydrogen-bond donors (Lipinski definition) is 0. The minimum atomic E-state index is 1.06. The van der Waals surface area contributed by atoms with Crippen molar-refractivity contribution in [2.45, 2.75) is 0 Å². The minimum absolute atomic E-state index is 1.06. The van der Waals surface area contributed by atoms with Gasteiger partial charge in [0.2, 0.25) is 0 Å². The largest absolute Gasteiger partial charge is 0.310 e. The molecule has 0 spiro atoms. The number of nitrogens with zero attached hydrogens (tertiary/aromatic N) is 2. The predicted molar refractivity (Wildman–Crippen MR) is 451 cm³/mol. The van der Waals surface area contributed by atoms with Crippen LogP contribution in [-0.4, -0.2) is 0 Å². The van der Waals surface area contributed by atoms with E-state index >= 15 is 0 Å². The summed E-state index contributed by atoms with van der Waals surface area (Å²) in [5.41, 5.74) is 32.0. The van der Waals surface area contributed by atoms with Gasteiger partial charge in [-0.2, -0.15) is 0 Å². The third kappa shape index (κ3) is 12.8. The second kappa shape index (κ2) is 28.8. The van der Waals surface area contributed by atoms with Crippen molar-refractivity contribution in [3.8, 4) is 122 Å². The summed E-state index contributed by atoms with van der Waals surface area (Å²) in [5.74, 6) is 0. The smallest absolute Gasteiger partial charge is 0.0540 e. The zero-order valence-corrected chi connectivity index (χ0v) is 58.5. The average molecular weight is 1350 g/mol. The first-order chi connectivity index (χ1) is 52.6. The van der Waals surface area contributed by atoms with Gasteiger partial charge in [-0.1, -0.05) is 358 Å². The molecule has 0 aromatic heterocycles. The maximum Gasteiger partial charge on any atom is 0.0540 e. The standard InChI is InChI=1S/C104H72N2/c1-6-27-74(28-7-1)95-64-59-86(70-100(95)79-33-12-4-13-34-79)85-43-24-46-91(69-85)106(104-52-26-40-78-38-17-19-48-99(78)104)92-63-66-96(75-29-8-2-9-30-75)102(72-92)82-55-53-73(54-56-82)83-41-22-44-88(67-83)97-65-60-87(71-101(97)80-35-14-5-15-36-80)84-42-23-45-90(68-84)105(103-51-21-20-49-98(103)77-31-10-3-11-32-77)89-61-57-81(58-62-89)94-50-25-39-76-37-16-18-47-93(76)94/h1-72H. The number of benzene rings is 18. The number of anilines is 6. The molecular weight excluding hydrogens is 1280 g/mol. The van der Waals surface area contributed by atoms with Gasteiger partial charge in [-0.25, -0.2) is 0 Å². The number of fused-ring (bicyclic) bond motifs is 2. The van der Waals surface area contributed by atoms with E-state index in [0.717, 1.165) is 118 Å². The van der Waals surface area contributed by atoms with Crippen LogP contribution in [0.3, 0.4) is 0 Å². The van der Waals surface area contributed by atoms with Gasteiger partial charge >= 0.3 is 0 Å². The molecule has 0 amide bonds. The minimum Gasteiger partial charge on any atom is -0.310 e. The lowest BCUT2D eigenvalue weighted by Crippen LogP contribution is -2.11. The molecule has 0 N–H and O–H groups in total. The summed E-state index contributed by atoms with van der Waals surface area (Å²) >= 11 is 0. The Morgan fingerprint density at radius 3 is 1.00 bits per heavy atom. The van der Waals surface area contributed by atoms with Gasteiger partial charge in [0.25, 0.3) is 0 Å². The van der Waals surface area contributed by atoms with Crippen LogP contribution in [0.5, 0.6) is 0 Å². The summed E-state index contributed by atoms with van der Waals surface area (Å²) < 4.78 is 0. The van der Waals surface area contributed by atoms with Crippen molar-refractivity contribution < 1.29 is 0 Å². The first-order valence-electron chi connectivity index (χ1n) is 36.4. The lowest BCUT2D eigenvalue weighted by molar-refractivity contribution is 1.28. The van der Waals surface area contributed by atoms with Crippen LogP contribution in [-0.2, 0) is 0 Å². The topological polar surface area (TPSA) is 6.48 Å². The lowest BCUT2D eigenvalue weighted by Gasteiger charge is -2.28. The van der Waals surface area contributed by atoms with Crippen molar-refractivity contribution in [3.63, 3.8) is 0 Å². The second-order valence-corrected chi connectivity index (χ2v) is 27.1. The molecule has 0 saturated heterocycles. The highest BCUT2D eigenvalue weighted by molar-refractivity contribution is 6.02. The summed E-state index contributed by atoms with van der Waals surface area (Å²) in [4.78, 5) is 4.86. The molecule has 0 radical (unpaired) electrons. The highest BCUT2D eigenvalue weighted by atomic mass is 15.1. The first kappa shape index (κ1) is 64.2. The van der Waals surface area contributed by atoms with Crippen LogP contribution in [0.1, 0.15) is 0 Å². The van der Waals surface area contributed by atoms with Gasteiger partial charge in [0.1, 0.15) is 0 Å². The van der Waals surface area contributed by atoms with Gasteiger partial charge < -0.3 is 9.80 Å². The zero-order valence-electron chi connectivity index (χ0n) is 58.5. The first-order valence-corrected chi connectivity index (χ1v) is 36.4. The molecule has 0 aliphatic carbocycles. The summed E-state index contributed by atoms with van der Waals surface area (Å²) in [6.07, 6.45) is 0. The number of para-hydroxylation sites is 1. The Morgan fingerprint density at radius 1 is 0.123 bits per heavy atom. The van der Waals surface area contributed by atoms with E-state index < -0.39 is 0 Å². The Morgan fingerprint density at radius 2 is 0.425 bits per heavy atom. The third-order valence-corrected chi connectivity index (χ3v) is 20.7. The van der Waals surface area contributed by atoms with Gasteiger partial charge in [-0.15, -0.1) is 0 Å². The molecule has 0 fully saturated rings. The van der Waals surface area contributed by atoms with Gasteiger partial charge in [0.05, 0.1) is 11.4 Å². The fraction of sp³-hybridized carbons (Fsp3) is 0. The molecule has 106 heavy (non-hydrogen) atoms. The normalized spacial score (nSPS) is 11.2. The highest BCUT2D eigenvalue weighted by Gasteiger charge is 2.23. The van der Waals surface area contributed by atoms with E-state index in [2.05, 4.69) is 447 Å². The van der Waals surface area contributed by atoms with Crippen LogP contribution >= 0.6 is 0 Å². The molecule has 18 aromatic carbocycles. The molecule has 2 nitrogen and oxygen atoms in total. The van der Waals surface area contributed by atoms with E-state index in [9.17, 15) is 0 Å². The summed E-state index contributed by atoms with van der Waals surface area (Å²) in [6.45, 7) is 0. The molecule has 18 rings (SSSR count). The van der Waals surface area contributed by atoms with E-state index in [4.69, 9.17) is 0 Å². The van der Waals surface area contributed by atoms with Crippen LogP contribution in [0, 0.1) is 0 Å². The summed E-state index contributed by atoms with van der Waals surface area (Å²) in [5, 5.41) is 4.83. The van der Waals surface area contributed by atoms with Crippen molar-refractivity contribution in [1.29, 1.82) is 0 Å². The monoisotopic (exact) mass is 1350 g/mol. The average Bonchev–Trinajstić information content (AvgIpc) is 0.780. The molecular formula is C104H72N2. The molecule has 0 saturated carbocycles. The van der Waals surface area contributed by atoms with Gasteiger partial charge in [-0.3, -0.25) is 0 Å². The van der Waals surface area contributed by atoms with E-state index in [1.54, 1.807) is 0 Å². The maximum absolute atomic E-state index is 2.45. The van der Waals surface area contributed by atoms with E-state index in [0.29, 0.717) is 0 Å². The van der Waals surface area contributed by atoms with Crippen molar-refractivity contribution in [1.82, 2.24) is 0 Å². The predicted octanol–water partition coefficient (Wildman–Crippen LogP) is 29.3. The van der Waals surface area contributed by atoms with Crippen molar-refractivity contribution in [2.75, 3.05) is 9.80 Å². The van der Waals surface area contributed by atoms with Crippen molar-refractivity contribution >= 4 is 55.7 Å². The van der Waals surface area contributed by atoms with Gasteiger partial charge in [0, 0.05) is 33.7 Å². The zero-order chi connectivity index (χ0) is 70.5. The van der Waals surface area contributed by atoms with Crippen LogP contribution in [0.25, 0.3) is 144 Å². The molecule has 0 bridgehead atoms. The SMILES string of the molecule is c1ccc(-c2ccc(-c3cccc(N(c4ccc(-c5ccccc5)c(-c5ccc(-c6cccc(-c7ccc(-c8cccc(N(c9ccc(-c%10cccc%11ccccc%10%11)cc9)c9ccccc9-c9ccccc9)c8)cc7-c7ccccc7)c6)cc5)c4)c4cccc5ccccc45)c3)cc2-c2ccccc2)cc1. The lowest BCUT2D eigenvalue weighted by atomic mass is 9.89. The summed E-state index contributed by atoms with van der Waals surface area (Å²) in [7, 11) is 0. The Bertz CT molecular complexity index is 6160. The second-order valence-electron chi connectivity index (χ2n) is 27.1. The fourth-order valence-electron chi connectivity index (χ4n) is 15.5. The number of hydrogen-bond acceptors (Lipinski definition) is 2. The third-order valence-electron chi connectivity index (χ3n) is 20.7. The molecule has 0 aliphatic heterocycles. The molecule has 2 heteroatoms. The molecule has 0 aliphatic rings. The van der Waals surface area contributed by atoms with E-state index in [1.807, 2.05) is 0 Å². The maximum atomic E-state index is 2.45. The van der Waals surface area contributed by atoms with E-state index in [-0.39, 0.29) is 0 Å². The van der Waals surface area contributed by atoms with Crippen LogP contribution in [0.15, 0.2) is 437 Å². The fourth-order valence-corrected chi connectivity index (χ4v) is 15.5. The Balaban J connectivity index is 0.699. The van der Waals surface area contributed by atoms with Crippen LogP contribution < -0.4 is 9.80 Å². The Labute approximate surface area is 620 Å². The number of rotatable bonds is 17. The highest BCUT2D eigenvalue weighted by Crippen LogP contribution is 2.48. The summed E-state index contributed by atoms with van der Waals surface area (Å²) in [6, 6.07) is 160. The van der Waals surface area contributed by atoms with Crippen LogP contribution in [0.2, 0.25) is 0 Å². The van der Waals surface area contributed by atoms with Crippen LogP contribution in [0.4, 0.5) is 34.1 Å². The molecule has 0 unspecified atom stereocenters. The Hall–Kier alpha value is -13.9. The molecule has 498 valence electrons. The van der Waals surface area contributed by atoms with Gasteiger partial charge in [0.15, 0.2) is 0 Å². The molecule has 0 heterocycles.